The molecule has 1 aliphatic heterocycles. The van der Waals surface area contributed by atoms with Crippen molar-refractivity contribution in [2.45, 2.75) is 59.9 Å². The number of carbonyl (C=O) groups is 1. The van der Waals surface area contributed by atoms with Crippen LogP contribution in [0.5, 0.6) is 0 Å². The predicted molar refractivity (Wildman–Crippen MR) is 121 cm³/mol. The first-order valence-corrected chi connectivity index (χ1v) is 11.3. The zero-order chi connectivity index (χ0) is 20.9. The Kier molecular flexibility index (Phi) is 6.95. The van der Waals surface area contributed by atoms with Crippen LogP contribution in [0.3, 0.4) is 0 Å². The molecule has 0 aromatic heterocycles. The van der Waals surface area contributed by atoms with Gasteiger partial charge in [0.2, 0.25) is 0 Å². The van der Waals surface area contributed by atoms with E-state index in [1.165, 1.54) is 11.1 Å². The molecule has 1 atom stereocenters. The largest absolute Gasteiger partial charge is 0.314 e. The maximum atomic E-state index is 13.7. The molecule has 2 aromatic rings. The van der Waals surface area contributed by atoms with Crippen LogP contribution in [-0.4, -0.2) is 23.5 Å². The quantitative estimate of drug-likeness (QED) is 0.461. The van der Waals surface area contributed by atoms with Gasteiger partial charge in [0.05, 0.1) is 19.5 Å². The lowest BCUT2D eigenvalue weighted by Crippen LogP contribution is -2.51. The number of rotatable bonds is 9. The van der Waals surface area contributed by atoms with Gasteiger partial charge in [-0.05, 0) is 30.2 Å². The Bertz CT molecular complexity index is 771. The number of quaternary nitrogens is 1. The molecule has 29 heavy (non-hydrogen) atoms. The molecule has 0 unspecified atom stereocenters. The van der Waals surface area contributed by atoms with Crippen LogP contribution in [0.2, 0.25) is 0 Å². The van der Waals surface area contributed by atoms with E-state index >= 15 is 0 Å². The number of amides is 1. The molecule has 0 N–H and O–H groups in total. The third-order valence-electron chi connectivity index (χ3n) is 6.38. The van der Waals surface area contributed by atoms with Crippen molar-refractivity contribution in [2.75, 3.05) is 13.1 Å². The van der Waals surface area contributed by atoms with Gasteiger partial charge in [0, 0.05) is 17.4 Å². The lowest BCUT2D eigenvalue weighted by molar-refractivity contribution is -0.864. The molecule has 2 heteroatoms. The molecule has 3 rings (SSSR count). The summed E-state index contributed by atoms with van der Waals surface area (Å²) < 4.78 is 0.609. The Hall–Kier alpha value is -1.93. The molecule has 0 spiro atoms. The fourth-order valence-electron chi connectivity index (χ4n) is 5.71. The second-order valence-corrected chi connectivity index (χ2v) is 10.2. The summed E-state index contributed by atoms with van der Waals surface area (Å²) in [6, 6.07) is 21.3. The van der Waals surface area contributed by atoms with Gasteiger partial charge in [0.15, 0.2) is 0 Å². The van der Waals surface area contributed by atoms with Gasteiger partial charge >= 0.3 is 5.91 Å². The lowest BCUT2D eigenvalue weighted by atomic mass is 9.73. The first-order valence-electron chi connectivity index (χ1n) is 11.3. The highest BCUT2D eigenvalue weighted by Crippen LogP contribution is 2.46. The standard InChI is InChI=1S/C27H38NO/c1-22(2)17-27(18-23(3)4)19-26(29)28(21-27,20-25-13-9-6-10-14-25)16-15-24-11-7-5-8-12-24/h5-14,22-23H,15-21H2,1-4H3/q+1/t28-/m0/s1. The number of nitrogens with zero attached hydrogens (tertiary/aromatic N) is 1. The molecule has 156 valence electrons. The van der Waals surface area contributed by atoms with Gasteiger partial charge in [-0.1, -0.05) is 88.4 Å². The van der Waals surface area contributed by atoms with E-state index in [0.29, 0.717) is 22.2 Å². The van der Waals surface area contributed by atoms with Gasteiger partial charge in [-0.25, -0.2) is 4.79 Å². The molecular weight excluding hydrogens is 354 g/mol. The number of likely N-dealkylation sites (tertiary alicyclic amines) is 1. The SMILES string of the molecule is CC(C)CC1(CC(C)C)CC(=O)[N@@+](CCc2ccccc2)(Cc2ccccc2)C1. The molecule has 1 aliphatic rings. The van der Waals surface area contributed by atoms with Crippen molar-refractivity contribution in [2.24, 2.45) is 17.3 Å². The van der Waals surface area contributed by atoms with Gasteiger partial charge < -0.3 is 0 Å². The van der Waals surface area contributed by atoms with E-state index in [4.69, 9.17) is 0 Å². The van der Waals surface area contributed by atoms with Crippen LogP contribution in [0.1, 0.15) is 58.1 Å². The summed E-state index contributed by atoms with van der Waals surface area (Å²) in [6.07, 6.45) is 4.00. The van der Waals surface area contributed by atoms with E-state index in [9.17, 15) is 4.79 Å². The molecule has 1 heterocycles. The minimum atomic E-state index is 0.144. The average Bonchev–Trinajstić information content (AvgIpc) is 2.91. The molecule has 0 aliphatic carbocycles. The van der Waals surface area contributed by atoms with Crippen molar-refractivity contribution in [1.82, 2.24) is 0 Å². The Morgan fingerprint density at radius 3 is 1.86 bits per heavy atom. The van der Waals surface area contributed by atoms with E-state index in [1.54, 1.807) is 0 Å². The fourth-order valence-corrected chi connectivity index (χ4v) is 5.71. The van der Waals surface area contributed by atoms with Crippen LogP contribution in [0.15, 0.2) is 60.7 Å². The fraction of sp³-hybridized carbons (Fsp3) is 0.519. The lowest BCUT2D eigenvalue weighted by Gasteiger charge is -2.36. The Morgan fingerprint density at radius 1 is 0.828 bits per heavy atom. The van der Waals surface area contributed by atoms with Crippen LogP contribution >= 0.6 is 0 Å². The second-order valence-electron chi connectivity index (χ2n) is 10.2. The van der Waals surface area contributed by atoms with E-state index < -0.39 is 0 Å². The summed E-state index contributed by atoms with van der Waals surface area (Å²) in [4.78, 5) is 13.7. The molecular formula is C27H38NO+. The van der Waals surface area contributed by atoms with E-state index in [0.717, 1.165) is 45.3 Å². The minimum Gasteiger partial charge on any atom is -0.256 e. The second kappa shape index (κ2) is 9.26. The molecule has 1 fully saturated rings. The summed E-state index contributed by atoms with van der Waals surface area (Å²) in [6.45, 7) is 11.9. The normalized spacial score (nSPS) is 21.2. The van der Waals surface area contributed by atoms with Crippen molar-refractivity contribution in [3.63, 3.8) is 0 Å². The van der Waals surface area contributed by atoms with Gasteiger partial charge in [0.1, 0.15) is 6.54 Å². The van der Waals surface area contributed by atoms with Crippen molar-refractivity contribution in [3.8, 4) is 0 Å². The summed E-state index contributed by atoms with van der Waals surface area (Å²) in [5.41, 5.74) is 2.75. The molecule has 0 radical (unpaired) electrons. The topological polar surface area (TPSA) is 17.1 Å². The Balaban J connectivity index is 1.91. The summed E-state index contributed by atoms with van der Waals surface area (Å²) in [5, 5.41) is 0. The summed E-state index contributed by atoms with van der Waals surface area (Å²) >= 11 is 0. The monoisotopic (exact) mass is 392 g/mol. The highest BCUT2D eigenvalue weighted by atomic mass is 16.2. The minimum absolute atomic E-state index is 0.144. The highest BCUT2D eigenvalue weighted by molar-refractivity contribution is 5.72. The first kappa shape index (κ1) is 21.8. The molecule has 0 saturated carbocycles. The third-order valence-corrected chi connectivity index (χ3v) is 6.38. The summed E-state index contributed by atoms with van der Waals surface area (Å²) in [5.74, 6) is 1.69. The number of hydrogen-bond donors (Lipinski definition) is 0. The average molecular weight is 393 g/mol. The predicted octanol–water partition coefficient (Wildman–Crippen LogP) is 6.26. The van der Waals surface area contributed by atoms with Gasteiger partial charge in [-0.15, -0.1) is 0 Å². The third kappa shape index (κ3) is 5.57. The molecule has 1 saturated heterocycles. The Morgan fingerprint density at radius 2 is 1.34 bits per heavy atom. The zero-order valence-electron chi connectivity index (χ0n) is 18.7. The van der Waals surface area contributed by atoms with Gasteiger partial charge in [-0.3, -0.25) is 4.48 Å². The maximum absolute atomic E-state index is 13.7. The number of hydrogen-bond acceptors (Lipinski definition) is 1. The van der Waals surface area contributed by atoms with Crippen LogP contribution in [0.25, 0.3) is 0 Å². The molecule has 2 aromatic carbocycles. The van der Waals surface area contributed by atoms with Crippen LogP contribution < -0.4 is 0 Å². The summed E-state index contributed by atoms with van der Waals surface area (Å²) in [7, 11) is 0. The van der Waals surface area contributed by atoms with E-state index in [1.807, 2.05) is 0 Å². The number of carbonyl (C=O) groups excluding carboxylic acids is 1. The van der Waals surface area contributed by atoms with Crippen LogP contribution in [0.4, 0.5) is 0 Å². The Labute approximate surface area is 177 Å². The van der Waals surface area contributed by atoms with Crippen molar-refractivity contribution in [3.05, 3.63) is 71.8 Å². The molecule has 1 amide bonds. The van der Waals surface area contributed by atoms with Crippen molar-refractivity contribution in [1.29, 1.82) is 0 Å². The van der Waals surface area contributed by atoms with Crippen molar-refractivity contribution < 1.29 is 9.28 Å². The van der Waals surface area contributed by atoms with Crippen LogP contribution in [-0.2, 0) is 17.8 Å². The van der Waals surface area contributed by atoms with E-state index in [-0.39, 0.29) is 5.41 Å². The van der Waals surface area contributed by atoms with Gasteiger partial charge in [-0.2, -0.15) is 0 Å². The first-order chi connectivity index (χ1) is 13.8. The van der Waals surface area contributed by atoms with Crippen molar-refractivity contribution >= 4 is 5.91 Å². The highest BCUT2D eigenvalue weighted by Gasteiger charge is 2.54. The van der Waals surface area contributed by atoms with E-state index in [2.05, 4.69) is 88.4 Å². The number of benzene rings is 2. The maximum Gasteiger partial charge on any atom is 0.314 e. The molecule has 0 bridgehead atoms. The smallest absolute Gasteiger partial charge is 0.256 e. The molecule has 2 nitrogen and oxygen atoms in total. The zero-order valence-corrected chi connectivity index (χ0v) is 18.7. The van der Waals surface area contributed by atoms with Gasteiger partial charge in [0.25, 0.3) is 0 Å². The van der Waals surface area contributed by atoms with Crippen LogP contribution in [0, 0.1) is 17.3 Å².